The van der Waals surface area contributed by atoms with Gasteiger partial charge in [0.2, 0.25) is 11.8 Å². The van der Waals surface area contributed by atoms with Crippen molar-refractivity contribution in [2.45, 2.75) is 31.4 Å². The molecule has 2 aliphatic rings. The average molecular weight is 292 g/mol. The Morgan fingerprint density at radius 2 is 2.30 bits per heavy atom. The molecule has 0 unspecified atom stereocenters. The lowest BCUT2D eigenvalue weighted by Gasteiger charge is -2.30. The molecular formula is C13H16N4O2S. The fourth-order valence-corrected chi connectivity index (χ4v) is 3.08. The van der Waals surface area contributed by atoms with Crippen LogP contribution < -0.4 is 0 Å². The van der Waals surface area contributed by atoms with Gasteiger partial charge in [-0.25, -0.2) is 4.98 Å². The van der Waals surface area contributed by atoms with Gasteiger partial charge in [0.15, 0.2) is 0 Å². The number of aromatic nitrogens is 3. The Hall–Kier alpha value is -1.31. The monoisotopic (exact) mass is 292 g/mol. The third-order valence-corrected chi connectivity index (χ3v) is 4.51. The summed E-state index contributed by atoms with van der Waals surface area (Å²) < 4.78 is 11.5. The number of rotatable bonds is 4. The lowest BCUT2D eigenvalue weighted by molar-refractivity contribution is -0.0353. The molecule has 20 heavy (non-hydrogen) atoms. The van der Waals surface area contributed by atoms with Crippen molar-refractivity contribution in [3.8, 4) is 0 Å². The molecule has 2 aromatic heterocycles. The van der Waals surface area contributed by atoms with Gasteiger partial charge in [0.1, 0.15) is 11.1 Å². The summed E-state index contributed by atoms with van der Waals surface area (Å²) in [6, 6.07) is 0. The number of morpholine rings is 1. The second kappa shape index (κ2) is 5.23. The van der Waals surface area contributed by atoms with Crippen molar-refractivity contribution in [2.24, 2.45) is 0 Å². The van der Waals surface area contributed by atoms with Crippen molar-refractivity contribution >= 4 is 11.3 Å². The summed E-state index contributed by atoms with van der Waals surface area (Å²) >= 11 is 1.64. The Bertz CT molecular complexity index is 567. The first-order valence-electron chi connectivity index (χ1n) is 6.94. The highest BCUT2D eigenvalue weighted by molar-refractivity contribution is 7.09. The molecule has 4 rings (SSSR count). The average Bonchev–Trinajstić information content (AvgIpc) is 3.00. The van der Waals surface area contributed by atoms with E-state index in [0.717, 1.165) is 24.0 Å². The van der Waals surface area contributed by atoms with Crippen LogP contribution in [-0.4, -0.2) is 39.8 Å². The SMILES string of the molecule is c1csc([C@H]2CN(Cc3nnc(C4CC4)o3)CCO2)n1. The molecule has 1 aliphatic heterocycles. The zero-order valence-corrected chi connectivity index (χ0v) is 11.9. The molecule has 106 valence electrons. The van der Waals surface area contributed by atoms with Gasteiger partial charge < -0.3 is 9.15 Å². The zero-order chi connectivity index (χ0) is 13.4. The van der Waals surface area contributed by atoms with E-state index in [2.05, 4.69) is 20.1 Å². The molecule has 0 bridgehead atoms. The Balaban J connectivity index is 1.40. The topological polar surface area (TPSA) is 64.3 Å². The minimum absolute atomic E-state index is 0.0644. The highest BCUT2D eigenvalue weighted by atomic mass is 32.1. The van der Waals surface area contributed by atoms with E-state index in [1.54, 1.807) is 11.3 Å². The molecular weight excluding hydrogens is 276 g/mol. The molecule has 1 saturated heterocycles. The van der Waals surface area contributed by atoms with Crippen LogP contribution in [0.5, 0.6) is 0 Å². The van der Waals surface area contributed by atoms with Gasteiger partial charge in [0, 0.05) is 30.6 Å². The standard InChI is InChI=1S/C13H16N4O2S/c1-2-9(1)12-16-15-11(19-12)8-17-4-5-18-10(7-17)13-14-3-6-20-13/h3,6,9-10H,1-2,4-5,7-8H2/t10-/m1/s1. The van der Waals surface area contributed by atoms with Crippen LogP contribution in [0.1, 0.15) is 41.7 Å². The van der Waals surface area contributed by atoms with Gasteiger partial charge in [0.05, 0.1) is 13.2 Å². The van der Waals surface area contributed by atoms with Gasteiger partial charge in [-0.3, -0.25) is 4.90 Å². The fraction of sp³-hybridized carbons (Fsp3) is 0.615. The largest absolute Gasteiger partial charge is 0.424 e. The zero-order valence-electron chi connectivity index (χ0n) is 11.1. The Morgan fingerprint density at radius 1 is 1.35 bits per heavy atom. The highest BCUT2D eigenvalue weighted by Crippen LogP contribution is 2.39. The lowest BCUT2D eigenvalue weighted by Crippen LogP contribution is -2.37. The smallest absolute Gasteiger partial charge is 0.230 e. The second-order valence-corrected chi connectivity index (χ2v) is 6.20. The molecule has 0 radical (unpaired) electrons. The van der Waals surface area contributed by atoms with Crippen LogP contribution in [0.3, 0.4) is 0 Å². The minimum Gasteiger partial charge on any atom is -0.424 e. The number of hydrogen-bond acceptors (Lipinski definition) is 7. The van der Waals surface area contributed by atoms with Crippen molar-refractivity contribution < 1.29 is 9.15 Å². The maximum absolute atomic E-state index is 5.78. The predicted molar refractivity (Wildman–Crippen MR) is 72.4 cm³/mol. The summed E-state index contributed by atoms with van der Waals surface area (Å²) in [7, 11) is 0. The summed E-state index contributed by atoms with van der Waals surface area (Å²) in [5.41, 5.74) is 0. The van der Waals surface area contributed by atoms with Crippen LogP contribution in [0.15, 0.2) is 16.0 Å². The fourth-order valence-electron chi connectivity index (χ4n) is 2.41. The van der Waals surface area contributed by atoms with E-state index in [1.165, 1.54) is 12.8 Å². The molecule has 6 nitrogen and oxygen atoms in total. The number of nitrogens with zero attached hydrogens (tertiary/aromatic N) is 4. The third-order valence-electron chi connectivity index (χ3n) is 3.65. The van der Waals surface area contributed by atoms with Gasteiger partial charge in [-0.05, 0) is 12.8 Å². The molecule has 1 aliphatic carbocycles. The van der Waals surface area contributed by atoms with Crippen molar-refractivity contribution in [3.63, 3.8) is 0 Å². The van der Waals surface area contributed by atoms with E-state index >= 15 is 0 Å². The molecule has 7 heteroatoms. The predicted octanol–water partition coefficient (Wildman–Crippen LogP) is 1.98. The summed E-state index contributed by atoms with van der Waals surface area (Å²) in [6.45, 7) is 3.14. The van der Waals surface area contributed by atoms with Crippen LogP contribution in [0, 0.1) is 0 Å². The molecule has 2 fully saturated rings. The molecule has 0 aromatic carbocycles. The summed E-state index contributed by atoms with van der Waals surface area (Å²) in [6.07, 6.45) is 4.26. The van der Waals surface area contributed by atoms with Crippen LogP contribution in [0.2, 0.25) is 0 Å². The number of ether oxygens (including phenoxy) is 1. The Kier molecular flexibility index (Phi) is 3.25. The number of thiazole rings is 1. The van der Waals surface area contributed by atoms with Crippen molar-refractivity contribution in [1.29, 1.82) is 0 Å². The van der Waals surface area contributed by atoms with E-state index in [0.29, 0.717) is 25.0 Å². The van der Waals surface area contributed by atoms with Crippen molar-refractivity contribution in [3.05, 3.63) is 28.4 Å². The molecule has 3 heterocycles. The van der Waals surface area contributed by atoms with E-state index in [9.17, 15) is 0 Å². The molecule has 0 N–H and O–H groups in total. The first kappa shape index (κ1) is 12.4. The van der Waals surface area contributed by atoms with Crippen LogP contribution >= 0.6 is 11.3 Å². The summed E-state index contributed by atoms with van der Waals surface area (Å²) in [5, 5.41) is 11.3. The Morgan fingerprint density at radius 3 is 3.10 bits per heavy atom. The van der Waals surface area contributed by atoms with E-state index in [4.69, 9.17) is 9.15 Å². The third kappa shape index (κ3) is 2.61. The van der Waals surface area contributed by atoms with Gasteiger partial charge in [-0.15, -0.1) is 21.5 Å². The second-order valence-electron chi connectivity index (χ2n) is 5.27. The maximum atomic E-state index is 5.78. The van der Waals surface area contributed by atoms with E-state index < -0.39 is 0 Å². The minimum atomic E-state index is 0.0644. The van der Waals surface area contributed by atoms with Crippen LogP contribution in [-0.2, 0) is 11.3 Å². The first-order valence-corrected chi connectivity index (χ1v) is 7.82. The molecule has 1 atom stereocenters. The first-order chi connectivity index (χ1) is 9.88. The maximum Gasteiger partial charge on any atom is 0.230 e. The normalized spacial score (nSPS) is 24.1. The molecule has 0 spiro atoms. The lowest BCUT2D eigenvalue weighted by atomic mass is 10.3. The van der Waals surface area contributed by atoms with Crippen LogP contribution in [0.25, 0.3) is 0 Å². The summed E-state index contributed by atoms with van der Waals surface area (Å²) in [4.78, 5) is 6.62. The van der Waals surface area contributed by atoms with Gasteiger partial charge >= 0.3 is 0 Å². The Labute approximate surface area is 120 Å². The summed E-state index contributed by atoms with van der Waals surface area (Å²) in [5.74, 6) is 2.04. The molecule has 1 saturated carbocycles. The van der Waals surface area contributed by atoms with E-state index in [1.807, 2.05) is 11.6 Å². The molecule has 2 aromatic rings. The molecule has 0 amide bonds. The quantitative estimate of drug-likeness (QED) is 0.858. The van der Waals surface area contributed by atoms with Crippen molar-refractivity contribution in [2.75, 3.05) is 19.7 Å². The van der Waals surface area contributed by atoms with E-state index in [-0.39, 0.29) is 6.10 Å². The van der Waals surface area contributed by atoms with Gasteiger partial charge in [-0.2, -0.15) is 0 Å². The van der Waals surface area contributed by atoms with Gasteiger partial charge in [0.25, 0.3) is 0 Å². The van der Waals surface area contributed by atoms with Crippen LogP contribution in [0.4, 0.5) is 0 Å². The van der Waals surface area contributed by atoms with Gasteiger partial charge in [-0.1, -0.05) is 0 Å². The van der Waals surface area contributed by atoms with Crippen molar-refractivity contribution in [1.82, 2.24) is 20.1 Å². The highest BCUT2D eigenvalue weighted by Gasteiger charge is 2.30. The number of hydrogen-bond donors (Lipinski definition) is 0.